The topological polar surface area (TPSA) is 102 Å². The summed E-state index contributed by atoms with van der Waals surface area (Å²) in [4.78, 5) is 30.9. The van der Waals surface area contributed by atoms with Crippen LogP contribution < -0.4 is 5.56 Å². The van der Waals surface area contributed by atoms with Crippen LogP contribution in [0.1, 0.15) is 74.4 Å². The molecular formula is C31H33N5O3. The highest BCUT2D eigenvalue weighted by Crippen LogP contribution is 2.33. The van der Waals surface area contributed by atoms with E-state index in [1.807, 2.05) is 60.0 Å². The molecule has 0 aliphatic heterocycles. The Morgan fingerprint density at radius 1 is 1.08 bits per heavy atom. The van der Waals surface area contributed by atoms with Gasteiger partial charge >= 0.3 is 5.97 Å². The third-order valence-electron chi connectivity index (χ3n) is 7.69. The van der Waals surface area contributed by atoms with Crippen molar-refractivity contribution in [3.8, 4) is 17.2 Å². The van der Waals surface area contributed by atoms with Crippen molar-refractivity contribution in [2.45, 2.75) is 64.8 Å². The van der Waals surface area contributed by atoms with Crippen LogP contribution in [0.3, 0.4) is 0 Å². The first-order chi connectivity index (χ1) is 19.0. The van der Waals surface area contributed by atoms with Crippen LogP contribution in [0.2, 0.25) is 0 Å². The molecular weight excluding hydrogens is 490 g/mol. The first kappa shape index (κ1) is 26.4. The lowest BCUT2D eigenvalue weighted by molar-refractivity contribution is -0.149. The van der Waals surface area contributed by atoms with Crippen LogP contribution in [-0.4, -0.2) is 31.7 Å². The molecule has 8 nitrogen and oxygen atoms in total. The smallest absolute Gasteiger partial charge is 0.308 e. The van der Waals surface area contributed by atoms with Gasteiger partial charge in [0, 0.05) is 18.0 Å². The van der Waals surface area contributed by atoms with Crippen molar-refractivity contribution in [3.05, 3.63) is 87.6 Å². The molecule has 0 spiro atoms. The monoisotopic (exact) mass is 523 g/mol. The number of hydrogen-bond donors (Lipinski definition) is 0. The Morgan fingerprint density at radius 2 is 1.82 bits per heavy atom. The van der Waals surface area contributed by atoms with Crippen molar-refractivity contribution in [2.75, 3.05) is 6.61 Å². The Hall–Kier alpha value is -4.25. The van der Waals surface area contributed by atoms with E-state index in [0.717, 1.165) is 34.4 Å². The molecule has 1 aliphatic rings. The number of aromatic nitrogens is 4. The van der Waals surface area contributed by atoms with E-state index in [-0.39, 0.29) is 23.5 Å². The molecule has 0 unspecified atom stereocenters. The van der Waals surface area contributed by atoms with E-state index in [4.69, 9.17) is 4.74 Å². The predicted molar refractivity (Wildman–Crippen MR) is 148 cm³/mol. The molecule has 200 valence electrons. The summed E-state index contributed by atoms with van der Waals surface area (Å²) in [5.74, 6) is 0.306. The van der Waals surface area contributed by atoms with Gasteiger partial charge in [0.05, 0.1) is 29.9 Å². The number of esters is 1. The summed E-state index contributed by atoms with van der Waals surface area (Å²) in [5, 5.41) is 14.0. The van der Waals surface area contributed by atoms with Crippen LogP contribution in [-0.2, 0) is 22.4 Å². The number of aryl methyl sites for hydroxylation is 1. The number of fused-ring (bicyclic) bond motifs is 1. The molecule has 0 bridgehead atoms. The summed E-state index contributed by atoms with van der Waals surface area (Å²) >= 11 is 0. The first-order valence-corrected chi connectivity index (χ1v) is 13.8. The Morgan fingerprint density at radius 3 is 2.51 bits per heavy atom. The molecule has 5 rings (SSSR count). The zero-order valence-corrected chi connectivity index (χ0v) is 22.5. The van der Waals surface area contributed by atoms with Gasteiger partial charge in [-0.15, -0.1) is 0 Å². The average molecular weight is 524 g/mol. The normalized spacial score (nSPS) is 17.2. The van der Waals surface area contributed by atoms with Gasteiger partial charge in [0.2, 0.25) is 5.78 Å². The van der Waals surface area contributed by atoms with Crippen LogP contribution in [0.25, 0.3) is 16.9 Å². The lowest BCUT2D eigenvalue weighted by Gasteiger charge is -2.29. The van der Waals surface area contributed by atoms with Gasteiger partial charge < -0.3 is 4.74 Å². The second-order valence-electron chi connectivity index (χ2n) is 10.1. The van der Waals surface area contributed by atoms with E-state index >= 15 is 0 Å². The summed E-state index contributed by atoms with van der Waals surface area (Å²) in [7, 11) is 0. The number of ether oxygens (including phenoxy) is 1. The van der Waals surface area contributed by atoms with Crippen LogP contribution in [0, 0.1) is 17.2 Å². The van der Waals surface area contributed by atoms with Crippen molar-refractivity contribution in [3.63, 3.8) is 0 Å². The third-order valence-corrected chi connectivity index (χ3v) is 7.69. The summed E-state index contributed by atoms with van der Waals surface area (Å²) in [6.45, 7) is 4.30. The highest BCUT2D eigenvalue weighted by Gasteiger charge is 2.31. The fourth-order valence-electron chi connectivity index (χ4n) is 5.75. The van der Waals surface area contributed by atoms with E-state index in [1.54, 1.807) is 4.57 Å². The van der Waals surface area contributed by atoms with Gasteiger partial charge in [-0.1, -0.05) is 55.8 Å². The van der Waals surface area contributed by atoms with Crippen molar-refractivity contribution in [2.24, 2.45) is 5.92 Å². The van der Waals surface area contributed by atoms with Crippen LogP contribution in [0.5, 0.6) is 0 Å². The minimum atomic E-state index is -0.143. The fraction of sp³-hybridized carbons (Fsp3) is 0.387. The highest BCUT2D eigenvalue weighted by molar-refractivity contribution is 5.72. The van der Waals surface area contributed by atoms with E-state index < -0.39 is 0 Å². The maximum atomic E-state index is 14.1. The Balaban J connectivity index is 1.49. The number of carbonyl (C=O) groups is 1. The van der Waals surface area contributed by atoms with Gasteiger partial charge in [0.1, 0.15) is 6.33 Å². The van der Waals surface area contributed by atoms with Crippen molar-refractivity contribution in [1.82, 2.24) is 19.2 Å². The lowest BCUT2D eigenvalue weighted by Crippen LogP contribution is -2.35. The summed E-state index contributed by atoms with van der Waals surface area (Å²) in [5.41, 5.74) is 5.10. The van der Waals surface area contributed by atoms with Crippen molar-refractivity contribution >= 4 is 11.7 Å². The molecule has 39 heavy (non-hydrogen) atoms. The molecule has 4 aromatic rings. The Labute approximate surface area is 227 Å². The minimum Gasteiger partial charge on any atom is -0.466 e. The highest BCUT2D eigenvalue weighted by atomic mass is 16.5. The standard InChI is InChI=1S/C31H33N5O3/c1-3-7-28-27(18-21-10-12-22(13-11-21)26-9-6-5-8-24(26)19-32)29(37)35(31-33-20-34-36(28)31)25-16-14-23(15-17-25)30(38)39-4-2/h5-6,8-13,20,23,25H,3-4,7,14-18H2,1-2H3/t23-,25-. The van der Waals surface area contributed by atoms with Crippen LogP contribution >= 0.6 is 0 Å². The van der Waals surface area contributed by atoms with Crippen LogP contribution in [0.4, 0.5) is 0 Å². The molecule has 0 saturated heterocycles. The molecule has 0 radical (unpaired) electrons. The van der Waals surface area contributed by atoms with Gasteiger partial charge in [0.25, 0.3) is 5.56 Å². The molecule has 2 heterocycles. The van der Waals surface area contributed by atoms with Gasteiger partial charge in [0.15, 0.2) is 0 Å². The quantitative estimate of drug-likeness (QED) is 0.292. The van der Waals surface area contributed by atoms with Gasteiger partial charge in [-0.25, -0.2) is 4.52 Å². The Kier molecular flexibility index (Phi) is 7.87. The molecule has 8 heteroatoms. The van der Waals surface area contributed by atoms with Gasteiger partial charge in [-0.05, 0) is 61.8 Å². The first-order valence-electron chi connectivity index (χ1n) is 13.8. The summed E-state index contributed by atoms with van der Waals surface area (Å²) in [6, 6.07) is 17.8. The van der Waals surface area contributed by atoms with Crippen molar-refractivity contribution in [1.29, 1.82) is 5.26 Å². The molecule has 0 atom stereocenters. The summed E-state index contributed by atoms with van der Waals surface area (Å²) < 4.78 is 8.87. The number of rotatable bonds is 8. The second-order valence-corrected chi connectivity index (χ2v) is 10.1. The number of benzene rings is 2. The SMILES string of the molecule is CCCc1c(Cc2ccc(-c3ccccc3C#N)cc2)c(=O)n([C@H]2CC[C@H](C(=O)OCC)CC2)c2ncnn12. The molecule has 1 fully saturated rings. The van der Waals surface area contributed by atoms with E-state index in [0.29, 0.717) is 56.5 Å². The number of nitriles is 1. The maximum absolute atomic E-state index is 14.1. The lowest BCUT2D eigenvalue weighted by atomic mass is 9.86. The van der Waals surface area contributed by atoms with Crippen molar-refractivity contribution < 1.29 is 9.53 Å². The largest absolute Gasteiger partial charge is 0.466 e. The Bertz CT molecular complexity index is 1570. The molecule has 2 aromatic carbocycles. The maximum Gasteiger partial charge on any atom is 0.308 e. The summed E-state index contributed by atoms with van der Waals surface area (Å²) in [6.07, 6.45) is 6.38. The zero-order chi connectivity index (χ0) is 27.4. The van der Waals surface area contributed by atoms with Gasteiger partial charge in [-0.2, -0.15) is 15.3 Å². The van der Waals surface area contributed by atoms with Crippen LogP contribution in [0.15, 0.2) is 59.7 Å². The fourth-order valence-corrected chi connectivity index (χ4v) is 5.75. The minimum absolute atomic E-state index is 0.0302. The average Bonchev–Trinajstić information content (AvgIpc) is 3.45. The van der Waals surface area contributed by atoms with E-state index in [2.05, 4.69) is 23.1 Å². The second kappa shape index (κ2) is 11.6. The van der Waals surface area contributed by atoms with Gasteiger partial charge in [-0.3, -0.25) is 14.2 Å². The molecule has 0 N–H and O–H groups in total. The number of hydrogen-bond acceptors (Lipinski definition) is 6. The van der Waals surface area contributed by atoms with E-state index in [1.165, 1.54) is 6.33 Å². The van der Waals surface area contributed by atoms with E-state index in [9.17, 15) is 14.9 Å². The molecule has 2 aromatic heterocycles. The predicted octanol–water partition coefficient (Wildman–Crippen LogP) is 5.27. The third kappa shape index (κ3) is 5.22. The molecule has 1 aliphatic carbocycles. The number of carbonyl (C=O) groups excluding carboxylic acids is 1. The number of nitrogens with zero attached hydrogens (tertiary/aromatic N) is 5. The zero-order valence-electron chi connectivity index (χ0n) is 22.5. The molecule has 0 amide bonds. The molecule has 1 saturated carbocycles.